The number of nitrogens with one attached hydrogen (secondary N) is 1. The molecule has 0 spiro atoms. The third-order valence-electron chi connectivity index (χ3n) is 4.25. The van der Waals surface area contributed by atoms with Crippen LogP contribution in [0.2, 0.25) is 0 Å². The van der Waals surface area contributed by atoms with Crippen molar-refractivity contribution in [2.75, 3.05) is 0 Å². The van der Waals surface area contributed by atoms with Gasteiger partial charge in [0.25, 0.3) is 0 Å². The molecule has 1 rings (SSSR count). The zero-order valence-corrected chi connectivity index (χ0v) is 11.7. The van der Waals surface area contributed by atoms with Gasteiger partial charge in [0.1, 0.15) is 0 Å². The van der Waals surface area contributed by atoms with Crippen molar-refractivity contribution < 1.29 is 0 Å². The third-order valence-corrected chi connectivity index (χ3v) is 4.25. The lowest BCUT2D eigenvalue weighted by molar-refractivity contribution is 0.208. The van der Waals surface area contributed by atoms with Crippen LogP contribution in [0.25, 0.3) is 0 Å². The largest absolute Gasteiger partial charge is 0.271 e. The second-order valence-electron chi connectivity index (χ2n) is 5.84. The van der Waals surface area contributed by atoms with Crippen LogP contribution in [0.3, 0.4) is 0 Å². The van der Waals surface area contributed by atoms with Crippen LogP contribution in [-0.2, 0) is 0 Å². The van der Waals surface area contributed by atoms with Gasteiger partial charge >= 0.3 is 0 Å². The second kappa shape index (κ2) is 7.88. The van der Waals surface area contributed by atoms with Crippen molar-refractivity contribution >= 4 is 0 Å². The quantitative estimate of drug-likeness (QED) is 0.402. The highest BCUT2D eigenvalue weighted by atomic mass is 15.2. The summed E-state index contributed by atoms with van der Waals surface area (Å²) in [6.45, 7) is 8.37. The number of hydrogen-bond acceptors (Lipinski definition) is 2. The first-order valence-corrected chi connectivity index (χ1v) is 7.27. The predicted molar refractivity (Wildman–Crippen MR) is 75.5 cm³/mol. The lowest BCUT2D eigenvalue weighted by Gasteiger charge is -2.33. The van der Waals surface area contributed by atoms with Crippen LogP contribution < -0.4 is 11.3 Å². The molecule has 17 heavy (non-hydrogen) atoms. The van der Waals surface area contributed by atoms with E-state index >= 15 is 0 Å². The maximum Gasteiger partial charge on any atom is 0.0241 e. The van der Waals surface area contributed by atoms with Crippen molar-refractivity contribution in [2.45, 2.75) is 71.3 Å². The number of nitrogens with two attached hydrogens (primary N) is 1. The van der Waals surface area contributed by atoms with Gasteiger partial charge in [0.2, 0.25) is 0 Å². The summed E-state index contributed by atoms with van der Waals surface area (Å²) in [7, 11) is 0. The molecule has 0 amide bonds. The fourth-order valence-corrected chi connectivity index (χ4v) is 3.14. The highest BCUT2D eigenvalue weighted by Gasteiger charge is 2.26. The van der Waals surface area contributed by atoms with E-state index in [1.807, 2.05) is 0 Å². The van der Waals surface area contributed by atoms with E-state index in [9.17, 15) is 0 Å². The molecule has 3 N–H and O–H groups in total. The standard InChI is InChI=1S/C15H30N2/c1-4-5-13-7-9-14(10-8-13)15(17-16)11-6-12(2)3/h13-15,17H,2,4-11,16H2,1,3H3. The summed E-state index contributed by atoms with van der Waals surface area (Å²) in [5.41, 5.74) is 4.30. The minimum Gasteiger partial charge on any atom is -0.271 e. The molecule has 0 heterocycles. The van der Waals surface area contributed by atoms with Crippen molar-refractivity contribution in [2.24, 2.45) is 17.7 Å². The predicted octanol–water partition coefficient (Wildman–Crippen LogP) is 3.78. The van der Waals surface area contributed by atoms with E-state index in [1.165, 1.54) is 44.1 Å². The zero-order valence-electron chi connectivity index (χ0n) is 11.7. The molecule has 0 aromatic heterocycles. The van der Waals surface area contributed by atoms with Gasteiger partial charge in [0, 0.05) is 6.04 Å². The highest BCUT2D eigenvalue weighted by molar-refractivity contribution is 4.91. The van der Waals surface area contributed by atoms with E-state index in [0.717, 1.165) is 24.7 Å². The van der Waals surface area contributed by atoms with Crippen LogP contribution >= 0.6 is 0 Å². The Labute approximate surface area is 107 Å². The summed E-state index contributed by atoms with van der Waals surface area (Å²) in [5.74, 6) is 7.47. The molecule has 1 aliphatic carbocycles. The molecule has 1 unspecified atom stereocenters. The summed E-state index contributed by atoms with van der Waals surface area (Å²) in [5, 5.41) is 0. The van der Waals surface area contributed by atoms with Gasteiger partial charge in [-0.2, -0.15) is 0 Å². The van der Waals surface area contributed by atoms with E-state index in [2.05, 4.69) is 25.9 Å². The monoisotopic (exact) mass is 238 g/mol. The Balaban J connectivity index is 2.31. The van der Waals surface area contributed by atoms with Gasteiger partial charge in [-0.1, -0.05) is 38.2 Å². The van der Waals surface area contributed by atoms with Gasteiger partial charge in [-0.05, 0) is 44.4 Å². The average Bonchev–Trinajstić information content (AvgIpc) is 2.32. The Bertz CT molecular complexity index is 217. The zero-order chi connectivity index (χ0) is 12.7. The van der Waals surface area contributed by atoms with E-state index in [-0.39, 0.29) is 0 Å². The van der Waals surface area contributed by atoms with Crippen LogP contribution in [0, 0.1) is 11.8 Å². The normalized spacial score (nSPS) is 26.8. The van der Waals surface area contributed by atoms with Crippen molar-refractivity contribution in [1.29, 1.82) is 0 Å². The van der Waals surface area contributed by atoms with E-state index in [0.29, 0.717) is 6.04 Å². The van der Waals surface area contributed by atoms with Gasteiger partial charge in [-0.3, -0.25) is 11.3 Å². The number of rotatable bonds is 7. The maximum absolute atomic E-state index is 5.70. The molecule has 0 saturated heterocycles. The average molecular weight is 238 g/mol. The molecule has 1 aliphatic rings. The van der Waals surface area contributed by atoms with Gasteiger partial charge in [0.15, 0.2) is 0 Å². The topological polar surface area (TPSA) is 38.0 Å². The van der Waals surface area contributed by atoms with Crippen molar-refractivity contribution in [1.82, 2.24) is 5.43 Å². The Kier molecular flexibility index (Phi) is 6.83. The molecule has 100 valence electrons. The number of hydrazine groups is 1. The lowest BCUT2D eigenvalue weighted by Crippen LogP contribution is -2.42. The SMILES string of the molecule is C=C(C)CCC(NN)C1CCC(CCC)CC1. The summed E-state index contributed by atoms with van der Waals surface area (Å²) in [6.07, 6.45) is 10.5. The minimum atomic E-state index is 0.495. The molecule has 0 aromatic carbocycles. The van der Waals surface area contributed by atoms with Gasteiger partial charge in [-0.15, -0.1) is 6.58 Å². The highest BCUT2D eigenvalue weighted by Crippen LogP contribution is 2.34. The van der Waals surface area contributed by atoms with Crippen LogP contribution in [0.4, 0.5) is 0 Å². The fraction of sp³-hybridized carbons (Fsp3) is 0.867. The van der Waals surface area contributed by atoms with Gasteiger partial charge in [-0.25, -0.2) is 0 Å². The van der Waals surface area contributed by atoms with Crippen LogP contribution in [0.15, 0.2) is 12.2 Å². The molecule has 1 fully saturated rings. The Hall–Kier alpha value is -0.340. The maximum atomic E-state index is 5.70. The Morgan fingerprint density at radius 2 is 2.00 bits per heavy atom. The molecular formula is C15H30N2. The molecule has 0 aromatic rings. The molecule has 1 atom stereocenters. The second-order valence-corrected chi connectivity index (χ2v) is 5.84. The lowest BCUT2D eigenvalue weighted by atomic mass is 9.76. The number of allylic oxidation sites excluding steroid dienone is 1. The van der Waals surface area contributed by atoms with Gasteiger partial charge in [0.05, 0.1) is 0 Å². The van der Waals surface area contributed by atoms with Crippen molar-refractivity contribution in [3.8, 4) is 0 Å². The molecule has 0 aliphatic heterocycles. The molecule has 0 radical (unpaired) electrons. The van der Waals surface area contributed by atoms with Gasteiger partial charge < -0.3 is 0 Å². The van der Waals surface area contributed by atoms with E-state index in [1.54, 1.807) is 0 Å². The summed E-state index contributed by atoms with van der Waals surface area (Å²) < 4.78 is 0. The van der Waals surface area contributed by atoms with Crippen molar-refractivity contribution in [3.63, 3.8) is 0 Å². The first kappa shape index (κ1) is 14.7. The first-order chi connectivity index (χ1) is 8.17. The Morgan fingerprint density at radius 3 is 2.47 bits per heavy atom. The summed E-state index contributed by atoms with van der Waals surface area (Å²) in [4.78, 5) is 0. The molecule has 0 bridgehead atoms. The molecule has 2 nitrogen and oxygen atoms in total. The first-order valence-electron chi connectivity index (χ1n) is 7.27. The fourth-order valence-electron chi connectivity index (χ4n) is 3.14. The number of hydrogen-bond donors (Lipinski definition) is 2. The van der Waals surface area contributed by atoms with Crippen molar-refractivity contribution in [3.05, 3.63) is 12.2 Å². The van der Waals surface area contributed by atoms with Crippen LogP contribution in [0.1, 0.15) is 65.2 Å². The Morgan fingerprint density at radius 1 is 1.35 bits per heavy atom. The summed E-state index contributed by atoms with van der Waals surface area (Å²) in [6, 6.07) is 0.495. The molecule has 2 heteroatoms. The smallest absolute Gasteiger partial charge is 0.0241 e. The van der Waals surface area contributed by atoms with E-state index < -0.39 is 0 Å². The van der Waals surface area contributed by atoms with Crippen LogP contribution in [0.5, 0.6) is 0 Å². The van der Waals surface area contributed by atoms with E-state index in [4.69, 9.17) is 5.84 Å². The molecule has 1 saturated carbocycles. The molecular weight excluding hydrogens is 208 g/mol. The third kappa shape index (κ3) is 5.22. The minimum absolute atomic E-state index is 0.495. The summed E-state index contributed by atoms with van der Waals surface area (Å²) >= 11 is 0. The van der Waals surface area contributed by atoms with Crippen LogP contribution in [-0.4, -0.2) is 6.04 Å².